The summed E-state index contributed by atoms with van der Waals surface area (Å²) >= 11 is 0. The van der Waals surface area contributed by atoms with Gasteiger partial charge in [0.15, 0.2) is 0 Å². The van der Waals surface area contributed by atoms with Crippen LogP contribution in [0.15, 0.2) is 133 Å². The molecular formula is C46H39N3O8. The molecule has 0 aromatic heterocycles. The summed E-state index contributed by atoms with van der Waals surface area (Å²) in [5, 5.41) is 34.3. The van der Waals surface area contributed by atoms with Crippen LogP contribution in [0.2, 0.25) is 0 Å². The number of nitrogens with one attached hydrogen (secondary N) is 1. The average Bonchev–Trinajstić information content (AvgIpc) is 3.68. The molecule has 3 heterocycles. The topological polar surface area (TPSA) is 157 Å². The predicted octanol–water partition coefficient (Wildman–Crippen LogP) is 6.35. The first-order valence-corrected chi connectivity index (χ1v) is 18.7. The second kappa shape index (κ2) is 15.1. The second-order valence-corrected chi connectivity index (χ2v) is 14.4. The lowest BCUT2D eigenvalue weighted by Crippen LogP contribution is -2.54. The van der Waals surface area contributed by atoms with Crippen molar-refractivity contribution in [2.24, 2.45) is 5.92 Å². The highest BCUT2D eigenvalue weighted by molar-refractivity contribution is 6.24. The number of phenols is 1. The maximum atomic E-state index is 15.8. The molecule has 2 saturated heterocycles. The Morgan fingerprint density at radius 1 is 0.825 bits per heavy atom. The molecule has 8 rings (SSSR count). The van der Waals surface area contributed by atoms with E-state index >= 15 is 4.79 Å². The number of hydrogen-bond acceptors (Lipinski definition) is 8. The van der Waals surface area contributed by atoms with E-state index in [1.54, 1.807) is 42.2 Å². The molecule has 5 aromatic carbocycles. The standard InChI is InChI=1S/C46H39N3O8/c1-28(30-14-5-2-6-15-30)47-45(56)48-36-25-20-29(13-11-12-26-50)27-35(36)46(44(48)55)37(42(52)53)39-43(54)57-40(32-18-9-4-10-19-32)38(31-16-7-3-8-17-31)49(39)41(46)33-21-23-34(51)24-22-33/h2-10,14-25,27-28,37-41,50-51H,12,26H2,1H3,(H,47,56)(H,52,53). The van der Waals surface area contributed by atoms with E-state index in [1.165, 1.54) is 12.1 Å². The number of aliphatic hydroxyl groups is 1. The number of benzene rings is 5. The van der Waals surface area contributed by atoms with E-state index in [0.29, 0.717) is 22.3 Å². The molecule has 3 aliphatic rings. The number of anilines is 1. The molecule has 286 valence electrons. The van der Waals surface area contributed by atoms with Gasteiger partial charge in [0.2, 0.25) is 5.91 Å². The fourth-order valence-electron chi connectivity index (χ4n) is 8.92. The number of aromatic hydroxyl groups is 1. The molecule has 0 radical (unpaired) electrons. The molecule has 0 aliphatic carbocycles. The summed E-state index contributed by atoms with van der Waals surface area (Å²) in [6, 6.07) is 33.7. The molecule has 0 bridgehead atoms. The summed E-state index contributed by atoms with van der Waals surface area (Å²) in [6.45, 7) is 1.60. The number of fused-ring (bicyclic) bond motifs is 3. The summed E-state index contributed by atoms with van der Waals surface area (Å²) in [6.07, 6.45) is -0.762. The molecule has 1 spiro atoms. The first kappa shape index (κ1) is 37.2. The fraction of sp³-hybridized carbons (Fsp3) is 0.217. The molecule has 57 heavy (non-hydrogen) atoms. The Morgan fingerprint density at radius 2 is 1.46 bits per heavy atom. The lowest BCUT2D eigenvalue weighted by atomic mass is 9.65. The van der Waals surface area contributed by atoms with Crippen LogP contribution in [-0.4, -0.2) is 56.7 Å². The van der Waals surface area contributed by atoms with E-state index in [9.17, 15) is 29.7 Å². The van der Waals surface area contributed by atoms with Gasteiger partial charge in [-0.05, 0) is 65.1 Å². The van der Waals surface area contributed by atoms with E-state index in [2.05, 4.69) is 17.2 Å². The number of hydrogen-bond donors (Lipinski definition) is 4. The van der Waals surface area contributed by atoms with Crippen LogP contribution in [0.4, 0.5) is 10.5 Å². The lowest BCUT2D eigenvalue weighted by molar-refractivity contribution is -0.179. The minimum Gasteiger partial charge on any atom is -0.508 e. The Kier molecular flexibility index (Phi) is 9.83. The Bertz CT molecular complexity index is 2400. The van der Waals surface area contributed by atoms with Crippen LogP contribution in [0.5, 0.6) is 5.75 Å². The number of rotatable bonds is 7. The van der Waals surface area contributed by atoms with Gasteiger partial charge in [-0.1, -0.05) is 115 Å². The monoisotopic (exact) mass is 761 g/mol. The second-order valence-electron chi connectivity index (χ2n) is 14.4. The van der Waals surface area contributed by atoms with Gasteiger partial charge in [0.1, 0.15) is 29.2 Å². The molecule has 0 saturated carbocycles. The lowest BCUT2D eigenvalue weighted by Gasteiger charge is -2.46. The van der Waals surface area contributed by atoms with Crippen LogP contribution in [-0.2, 0) is 24.5 Å². The zero-order chi connectivity index (χ0) is 39.8. The number of morpholine rings is 1. The van der Waals surface area contributed by atoms with Crippen molar-refractivity contribution in [2.75, 3.05) is 11.5 Å². The third kappa shape index (κ3) is 6.20. The van der Waals surface area contributed by atoms with Gasteiger partial charge in [-0.2, -0.15) is 0 Å². The number of esters is 1. The Hall–Kier alpha value is -6.74. The minimum absolute atomic E-state index is 0.0625. The number of nitrogens with zero attached hydrogens (tertiary/aromatic N) is 2. The number of carboxylic acid groups (broad SMARTS) is 1. The van der Waals surface area contributed by atoms with Gasteiger partial charge in [-0.15, -0.1) is 0 Å². The molecule has 7 atom stereocenters. The highest BCUT2D eigenvalue weighted by Crippen LogP contribution is 2.66. The summed E-state index contributed by atoms with van der Waals surface area (Å²) in [5.74, 6) is 0.952. The van der Waals surface area contributed by atoms with E-state index in [-0.39, 0.29) is 30.0 Å². The van der Waals surface area contributed by atoms with Crippen LogP contribution < -0.4 is 10.2 Å². The summed E-state index contributed by atoms with van der Waals surface area (Å²) in [4.78, 5) is 61.9. The van der Waals surface area contributed by atoms with Crippen molar-refractivity contribution in [3.05, 3.63) is 167 Å². The maximum absolute atomic E-state index is 15.8. The van der Waals surface area contributed by atoms with Gasteiger partial charge in [-0.3, -0.25) is 19.3 Å². The SMILES string of the molecule is CC(NC(=O)N1C(=O)C2(c3cc(C#CCCO)ccc31)C(C(=O)O)C1C(=O)OC(c3ccccc3)C(c3ccccc3)N1C2c1ccc(O)cc1)c1ccccc1. The molecule has 4 N–H and O–H groups in total. The summed E-state index contributed by atoms with van der Waals surface area (Å²) in [5.41, 5.74) is 1.21. The Morgan fingerprint density at radius 3 is 2.09 bits per heavy atom. The fourth-order valence-corrected chi connectivity index (χ4v) is 8.92. The van der Waals surface area contributed by atoms with Crippen molar-refractivity contribution < 1.29 is 39.2 Å². The van der Waals surface area contributed by atoms with Gasteiger partial charge in [0.05, 0.1) is 30.4 Å². The van der Waals surface area contributed by atoms with E-state index < -0.39 is 65.5 Å². The summed E-state index contributed by atoms with van der Waals surface area (Å²) < 4.78 is 6.29. The maximum Gasteiger partial charge on any atom is 0.329 e. The van der Waals surface area contributed by atoms with Crippen LogP contribution in [0.1, 0.15) is 71.0 Å². The van der Waals surface area contributed by atoms with Crippen molar-refractivity contribution in [1.82, 2.24) is 10.2 Å². The Labute approximate surface area is 329 Å². The van der Waals surface area contributed by atoms with E-state index in [0.717, 1.165) is 10.5 Å². The number of carbonyl (C=O) groups excluding carboxylic acids is 3. The van der Waals surface area contributed by atoms with Crippen molar-refractivity contribution in [2.45, 2.75) is 49.0 Å². The largest absolute Gasteiger partial charge is 0.508 e. The van der Waals surface area contributed by atoms with E-state index in [4.69, 9.17) is 4.74 Å². The van der Waals surface area contributed by atoms with Crippen LogP contribution in [0.25, 0.3) is 0 Å². The zero-order valence-corrected chi connectivity index (χ0v) is 30.9. The van der Waals surface area contributed by atoms with E-state index in [1.807, 2.05) is 91.0 Å². The summed E-state index contributed by atoms with van der Waals surface area (Å²) in [7, 11) is 0. The van der Waals surface area contributed by atoms with Gasteiger partial charge >= 0.3 is 18.0 Å². The number of phenolic OH excluding ortho intramolecular Hbond substituents is 1. The Balaban J connectivity index is 1.41. The zero-order valence-electron chi connectivity index (χ0n) is 30.9. The molecule has 3 amide bonds. The number of aliphatic hydroxyl groups excluding tert-OH is 1. The van der Waals surface area contributed by atoms with Gasteiger partial charge in [0.25, 0.3) is 0 Å². The van der Waals surface area contributed by atoms with Crippen molar-refractivity contribution >= 4 is 29.6 Å². The molecular weight excluding hydrogens is 723 g/mol. The number of imide groups is 1. The smallest absolute Gasteiger partial charge is 0.329 e. The third-order valence-electron chi connectivity index (χ3n) is 11.2. The molecule has 3 aliphatic heterocycles. The first-order valence-electron chi connectivity index (χ1n) is 18.7. The van der Waals surface area contributed by atoms with Crippen LogP contribution >= 0.6 is 0 Å². The molecule has 5 aromatic rings. The third-order valence-corrected chi connectivity index (χ3v) is 11.2. The number of carbonyl (C=O) groups is 4. The number of urea groups is 1. The van der Waals surface area contributed by atoms with Gasteiger partial charge < -0.3 is 25.4 Å². The van der Waals surface area contributed by atoms with Crippen molar-refractivity contribution in [3.63, 3.8) is 0 Å². The predicted molar refractivity (Wildman–Crippen MR) is 210 cm³/mol. The minimum atomic E-state index is -2.12. The van der Waals surface area contributed by atoms with Gasteiger partial charge in [0, 0.05) is 12.0 Å². The van der Waals surface area contributed by atoms with Crippen LogP contribution in [0, 0.1) is 17.8 Å². The molecule has 7 unspecified atom stereocenters. The number of ether oxygens (including phenoxy) is 1. The number of cyclic esters (lactones) is 1. The number of carboxylic acids is 1. The number of amides is 3. The quantitative estimate of drug-likeness (QED) is 0.110. The van der Waals surface area contributed by atoms with Crippen molar-refractivity contribution in [1.29, 1.82) is 0 Å². The first-order chi connectivity index (χ1) is 27.7. The van der Waals surface area contributed by atoms with Crippen molar-refractivity contribution in [3.8, 4) is 17.6 Å². The van der Waals surface area contributed by atoms with Gasteiger partial charge in [-0.25, -0.2) is 9.69 Å². The highest BCUT2D eigenvalue weighted by Gasteiger charge is 2.76. The number of aliphatic carboxylic acids is 1. The normalized spacial score (nSPS) is 24.2. The highest BCUT2D eigenvalue weighted by atomic mass is 16.6. The molecule has 11 nitrogen and oxygen atoms in total. The van der Waals surface area contributed by atoms with Crippen LogP contribution in [0.3, 0.4) is 0 Å². The average molecular weight is 762 g/mol. The molecule has 11 heteroatoms. The molecule has 2 fully saturated rings.